The summed E-state index contributed by atoms with van der Waals surface area (Å²) in [6.45, 7) is 3.22. The van der Waals surface area contributed by atoms with E-state index in [4.69, 9.17) is 4.74 Å². The summed E-state index contributed by atoms with van der Waals surface area (Å²) in [5, 5.41) is 3.02. The van der Waals surface area contributed by atoms with Crippen LogP contribution < -0.4 is 5.32 Å². The van der Waals surface area contributed by atoms with Crippen molar-refractivity contribution in [3.05, 3.63) is 58.3 Å². The first kappa shape index (κ1) is 15.8. The van der Waals surface area contributed by atoms with E-state index in [0.717, 1.165) is 10.0 Å². The monoisotopic (exact) mass is 350 g/mol. The van der Waals surface area contributed by atoms with Gasteiger partial charge in [-0.2, -0.15) is 0 Å². The number of amides is 1. The standard InChI is InChI=1S/C16H19BrN2O2/c1-12(13-5-7-14(17)8-6-13)18-16(20)15-4-3-9-19(15)10-11-21-2/h3-9,12H,10-11H2,1-2H3,(H,18,20). The van der Waals surface area contributed by atoms with Crippen molar-refractivity contribution in [2.75, 3.05) is 13.7 Å². The minimum absolute atomic E-state index is 0.0450. The van der Waals surface area contributed by atoms with Gasteiger partial charge < -0.3 is 14.6 Å². The Bertz CT molecular complexity index is 593. The maximum absolute atomic E-state index is 12.4. The molecule has 1 atom stereocenters. The minimum atomic E-state index is -0.0773. The molecule has 4 nitrogen and oxygen atoms in total. The molecule has 0 aliphatic heterocycles. The smallest absolute Gasteiger partial charge is 0.268 e. The minimum Gasteiger partial charge on any atom is -0.383 e. The lowest BCUT2D eigenvalue weighted by Crippen LogP contribution is -2.28. The van der Waals surface area contributed by atoms with E-state index in [2.05, 4.69) is 21.2 Å². The molecule has 0 spiro atoms. The number of hydrogen-bond donors (Lipinski definition) is 1. The molecule has 1 aromatic heterocycles. The van der Waals surface area contributed by atoms with Gasteiger partial charge in [0.1, 0.15) is 5.69 Å². The summed E-state index contributed by atoms with van der Waals surface area (Å²) in [5.41, 5.74) is 1.72. The number of carbonyl (C=O) groups excluding carboxylic acids is 1. The number of nitrogens with one attached hydrogen (secondary N) is 1. The van der Waals surface area contributed by atoms with Gasteiger partial charge in [-0.05, 0) is 36.8 Å². The molecule has 1 N–H and O–H groups in total. The van der Waals surface area contributed by atoms with Crippen molar-refractivity contribution < 1.29 is 9.53 Å². The Hall–Kier alpha value is -1.59. The number of aromatic nitrogens is 1. The van der Waals surface area contributed by atoms with Crippen LogP contribution >= 0.6 is 15.9 Å². The average molecular weight is 351 g/mol. The number of benzene rings is 1. The van der Waals surface area contributed by atoms with Crippen LogP contribution in [-0.4, -0.2) is 24.2 Å². The van der Waals surface area contributed by atoms with Crippen molar-refractivity contribution in [2.45, 2.75) is 19.5 Å². The summed E-state index contributed by atoms with van der Waals surface area (Å²) in [5.74, 6) is -0.0773. The molecule has 1 unspecified atom stereocenters. The van der Waals surface area contributed by atoms with Gasteiger partial charge >= 0.3 is 0 Å². The predicted octanol–water partition coefficient (Wildman–Crippen LogP) is 3.39. The van der Waals surface area contributed by atoms with Crippen LogP contribution in [0.2, 0.25) is 0 Å². The lowest BCUT2D eigenvalue weighted by Gasteiger charge is -2.15. The predicted molar refractivity (Wildman–Crippen MR) is 86.3 cm³/mol. The Labute approximate surface area is 133 Å². The third-order valence-corrected chi connectivity index (χ3v) is 3.84. The summed E-state index contributed by atoms with van der Waals surface area (Å²) in [7, 11) is 1.65. The van der Waals surface area contributed by atoms with Gasteiger partial charge in [0, 0.05) is 24.3 Å². The van der Waals surface area contributed by atoms with Crippen LogP contribution in [0.25, 0.3) is 0 Å². The van der Waals surface area contributed by atoms with Crippen LogP contribution in [0, 0.1) is 0 Å². The van der Waals surface area contributed by atoms with E-state index in [-0.39, 0.29) is 11.9 Å². The topological polar surface area (TPSA) is 43.3 Å². The fraction of sp³-hybridized carbons (Fsp3) is 0.312. The van der Waals surface area contributed by atoms with Gasteiger partial charge in [0.2, 0.25) is 0 Å². The molecule has 0 aliphatic rings. The summed E-state index contributed by atoms with van der Waals surface area (Å²) in [4.78, 5) is 12.4. The van der Waals surface area contributed by atoms with Gasteiger partial charge in [-0.25, -0.2) is 0 Å². The largest absolute Gasteiger partial charge is 0.383 e. The van der Waals surface area contributed by atoms with Crippen molar-refractivity contribution in [3.63, 3.8) is 0 Å². The second-order valence-electron chi connectivity index (χ2n) is 4.83. The molecule has 0 saturated carbocycles. The van der Waals surface area contributed by atoms with E-state index in [1.807, 2.05) is 54.1 Å². The molecule has 1 amide bonds. The van der Waals surface area contributed by atoms with Crippen molar-refractivity contribution in [1.29, 1.82) is 0 Å². The Kier molecular flexibility index (Phi) is 5.59. The highest BCUT2D eigenvalue weighted by molar-refractivity contribution is 9.10. The highest BCUT2D eigenvalue weighted by atomic mass is 79.9. The van der Waals surface area contributed by atoms with Crippen molar-refractivity contribution in [1.82, 2.24) is 9.88 Å². The quantitative estimate of drug-likeness (QED) is 0.867. The van der Waals surface area contributed by atoms with Gasteiger partial charge in [0.25, 0.3) is 5.91 Å². The van der Waals surface area contributed by atoms with Crippen LogP contribution in [0.5, 0.6) is 0 Å². The zero-order valence-corrected chi connectivity index (χ0v) is 13.8. The van der Waals surface area contributed by atoms with Crippen molar-refractivity contribution >= 4 is 21.8 Å². The average Bonchev–Trinajstić information content (AvgIpc) is 2.94. The van der Waals surface area contributed by atoms with Crippen LogP contribution in [0.4, 0.5) is 0 Å². The highest BCUT2D eigenvalue weighted by Gasteiger charge is 2.14. The fourth-order valence-corrected chi connectivity index (χ4v) is 2.37. The maximum atomic E-state index is 12.4. The third-order valence-electron chi connectivity index (χ3n) is 3.32. The summed E-state index contributed by atoms with van der Waals surface area (Å²) < 4.78 is 7.98. The van der Waals surface area contributed by atoms with Crippen LogP contribution in [-0.2, 0) is 11.3 Å². The lowest BCUT2D eigenvalue weighted by atomic mass is 10.1. The highest BCUT2D eigenvalue weighted by Crippen LogP contribution is 2.17. The van der Waals surface area contributed by atoms with Gasteiger partial charge in [0.15, 0.2) is 0 Å². The van der Waals surface area contributed by atoms with Gasteiger partial charge in [0.05, 0.1) is 12.6 Å². The normalized spacial score (nSPS) is 12.1. The molecule has 112 valence electrons. The lowest BCUT2D eigenvalue weighted by molar-refractivity contribution is 0.0927. The Morgan fingerprint density at radius 2 is 2.05 bits per heavy atom. The maximum Gasteiger partial charge on any atom is 0.268 e. The number of halogens is 1. The second-order valence-corrected chi connectivity index (χ2v) is 5.74. The van der Waals surface area contributed by atoms with Gasteiger partial charge in [-0.3, -0.25) is 4.79 Å². The molecule has 0 fully saturated rings. The molecular formula is C16H19BrN2O2. The van der Waals surface area contributed by atoms with Crippen molar-refractivity contribution in [2.24, 2.45) is 0 Å². The van der Waals surface area contributed by atoms with E-state index in [1.54, 1.807) is 7.11 Å². The number of hydrogen-bond acceptors (Lipinski definition) is 2. The van der Waals surface area contributed by atoms with Crippen molar-refractivity contribution in [3.8, 4) is 0 Å². The number of nitrogens with zero attached hydrogens (tertiary/aromatic N) is 1. The molecule has 1 heterocycles. The first-order valence-electron chi connectivity index (χ1n) is 6.82. The number of methoxy groups -OCH3 is 1. The van der Waals surface area contributed by atoms with E-state index in [0.29, 0.717) is 18.8 Å². The molecular weight excluding hydrogens is 332 g/mol. The van der Waals surface area contributed by atoms with E-state index in [1.165, 1.54) is 0 Å². The Morgan fingerprint density at radius 3 is 2.71 bits per heavy atom. The van der Waals surface area contributed by atoms with E-state index < -0.39 is 0 Å². The number of rotatable bonds is 6. The Morgan fingerprint density at radius 1 is 1.33 bits per heavy atom. The van der Waals surface area contributed by atoms with E-state index >= 15 is 0 Å². The fourth-order valence-electron chi connectivity index (χ4n) is 2.11. The SMILES string of the molecule is COCCn1cccc1C(=O)NC(C)c1ccc(Br)cc1. The molecule has 1 aromatic carbocycles. The number of carbonyl (C=O) groups is 1. The van der Waals surface area contributed by atoms with E-state index in [9.17, 15) is 4.79 Å². The van der Waals surface area contributed by atoms with Gasteiger partial charge in [-0.1, -0.05) is 28.1 Å². The molecule has 0 radical (unpaired) electrons. The summed E-state index contributed by atoms with van der Waals surface area (Å²) in [6, 6.07) is 11.6. The zero-order valence-electron chi connectivity index (χ0n) is 12.2. The summed E-state index contributed by atoms with van der Waals surface area (Å²) >= 11 is 3.41. The third kappa shape index (κ3) is 4.19. The Balaban J connectivity index is 2.04. The number of ether oxygens (including phenoxy) is 1. The van der Waals surface area contributed by atoms with Crippen LogP contribution in [0.1, 0.15) is 29.0 Å². The molecule has 0 saturated heterocycles. The van der Waals surface area contributed by atoms with Crippen LogP contribution in [0.15, 0.2) is 47.1 Å². The molecule has 2 aromatic rings. The molecule has 5 heteroatoms. The zero-order chi connectivity index (χ0) is 15.2. The summed E-state index contributed by atoms with van der Waals surface area (Å²) in [6.07, 6.45) is 1.89. The molecule has 0 aliphatic carbocycles. The van der Waals surface area contributed by atoms with Gasteiger partial charge in [-0.15, -0.1) is 0 Å². The first-order valence-corrected chi connectivity index (χ1v) is 7.61. The van der Waals surface area contributed by atoms with Crippen LogP contribution in [0.3, 0.4) is 0 Å². The molecule has 0 bridgehead atoms. The first-order chi connectivity index (χ1) is 10.1. The molecule has 2 rings (SSSR count). The second kappa shape index (κ2) is 7.43. The molecule has 21 heavy (non-hydrogen) atoms.